The Bertz CT molecular complexity index is 471. The van der Waals surface area contributed by atoms with E-state index in [-0.39, 0.29) is 5.91 Å². The number of carbonyl (C=O) groups excluding carboxylic acids is 1. The quantitative estimate of drug-likeness (QED) is 0.810. The molecule has 0 spiro atoms. The highest BCUT2D eigenvalue weighted by molar-refractivity contribution is 5.92. The van der Waals surface area contributed by atoms with Gasteiger partial charge in [0.15, 0.2) is 0 Å². The molecular formula is C16H24N2O3. The third-order valence-corrected chi connectivity index (χ3v) is 3.70. The zero-order chi connectivity index (χ0) is 15.1. The lowest BCUT2D eigenvalue weighted by Crippen LogP contribution is -2.15. The molecule has 1 aliphatic rings. The monoisotopic (exact) mass is 292 g/mol. The van der Waals surface area contributed by atoms with Crippen LogP contribution >= 0.6 is 0 Å². The molecule has 21 heavy (non-hydrogen) atoms. The summed E-state index contributed by atoms with van der Waals surface area (Å²) in [5.41, 5.74) is 0.672. The van der Waals surface area contributed by atoms with Crippen molar-refractivity contribution in [2.75, 3.05) is 32.1 Å². The number of hydrogen-bond acceptors (Lipinski definition) is 4. The Morgan fingerprint density at radius 2 is 2.33 bits per heavy atom. The van der Waals surface area contributed by atoms with E-state index in [1.54, 1.807) is 13.2 Å². The first-order valence-corrected chi connectivity index (χ1v) is 7.54. The van der Waals surface area contributed by atoms with Crippen molar-refractivity contribution in [2.45, 2.75) is 26.2 Å². The number of nitrogens with one attached hydrogen (secondary N) is 2. The van der Waals surface area contributed by atoms with Crippen LogP contribution in [-0.2, 0) is 4.79 Å². The predicted octanol–water partition coefficient (Wildman–Crippen LogP) is 2.42. The van der Waals surface area contributed by atoms with Crippen LogP contribution in [0.1, 0.15) is 26.2 Å². The van der Waals surface area contributed by atoms with Crippen LogP contribution < -0.4 is 20.1 Å². The van der Waals surface area contributed by atoms with Gasteiger partial charge in [0.2, 0.25) is 5.91 Å². The van der Waals surface area contributed by atoms with Crippen LogP contribution in [-0.4, -0.2) is 32.7 Å². The molecule has 5 nitrogen and oxygen atoms in total. The van der Waals surface area contributed by atoms with E-state index in [1.165, 1.54) is 0 Å². The average molecular weight is 292 g/mol. The molecule has 0 saturated carbocycles. The van der Waals surface area contributed by atoms with Crippen LogP contribution in [0.3, 0.4) is 0 Å². The molecule has 1 atom stereocenters. The van der Waals surface area contributed by atoms with Gasteiger partial charge in [-0.15, -0.1) is 0 Å². The number of amides is 1. The largest absolute Gasteiger partial charge is 0.497 e. The van der Waals surface area contributed by atoms with Crippen molar-refractivity contribution in [3.63, 3.8) is 0 Å². The van der Waals surface area contributed by atoms with Gasteiger partial charge in [0, 0.05) is 12.5 Å². The van der Waals surface area contributed by atoms with Gasteiger partial charge < -0.3 is 20.1 Å². The molecule has 1 aromatic rings. The molecule has 2 rings (SSSR count). The zero-order valence-electron chi connectivity index (χ0n) is 12.8. The van der Waals surface area contributed by atoms with Crippen LogP contribution in [0.4, 0.5) is 5.69 Å². The summed E-state index contributed by atoms with van der Waals surface area (Å²) in [6.07, 6.45) is 2.62. The summed E-state index contributed by atoms with van der Waals surface area (Å²) in [5, 5.41) is 6.25. The minimum Gasteiger partial charge on any atom is -0.497 e. The Kier molecular flexibility index (Phi) is 5.87. The summed E-state index contributed by atoms with van der Waals surface area (Å²) >= 11 is 0. The molecule has 0 radical (unpaired) electrons. The van der Waals surface area contributed by atoms with Crippen LogP contribution in [0.5, 0.6) is 11.5 Å². The highest BCUT2D eigenvalue weighted by atomic mass is 16.5. The van der Waals surface area contributed by atoms with E-state index in [1.807, 2.05) is 19.1 Å². The van der Waals surface area contributed by atoms with E-state index in [2.05, 4.69) is 10.6 Å². The van der Waals surface area contributed by atoms with Gasteiger partial charge >= 0.3 is 0 Å². The molecule has 1 heterocycles. The van der Waals surface area contributed by atoms with E-state index in [4.69, 9.17) is 9.47 Å². The molecule has 116 valence electrons. The number of methoxy groups -OCH3 is 1. The lowest BCUT2D eigenvalue weighted by atomic mass is 10.0. The predicted molar refractivity (Wildman–Crippen MR) is 83.0 cm³/mol. The fraction of sp³-hybridized carbons (Fsp3) is 0.562. The van der Waals surface area contributed by atoms with E-state index in [0.717, 1.165) is 25.9 Å². The second-order valence-corrected chi connectivity index (χ2v) is 5.24. The van der Waals surface area contributed by atoms with Crippen molar-refractivity contribution in [3.05, 3.63) is 18.2 Å². The van der Waals surface area contributed by atoms with Gasteiger partial charge in [-0.05, 0) is 50.9 Å². The zero-order valence-corrected chi connectivity index (χ0v) is 12.8. The maximum absolute atomic E-state index is 12.1. The summed E-state index contributed by atoms with van der Waals surface area (Å²) < 4.78 is 10.7. The number of carbonyl (C=O) groups is 1. The Morgan fingerprint density at radius 3 is 3.00 bits per heavy atom. The standard InChI is InChI=1S/C16H24N2O3/c1-3-21-15-6-5-13(20-2)10-14(15)18-16(19)7-4-12-8-9-17-11-12/h5-6,10,12,17H,3-4,7-9,11H2,1-2H3,(H,18,19). The number of hydrogen-bond donors (Lipinski definition) is 2. The minimum atomic E-state index is 0.0242. The molecule has 1 saturated heterocycles. The van der Waals surface area contributed by atoms with Crippen molar-refractivity contribution >= 4 is 11.6 Å². The molecule has 1 aliphatic heterocycles. The Balaban J connectivity index is 1.94. The Morgan fingerprint density at radius 1 is 1.48 bits per heavy atom. The smallest absolute Gasteiger partial charge is 0.224 e. The Labute approximate surface area is 126 Å². The maximum Gasteiger partial charge on any atom is 0.224 e. The average Bonchev–Trinajstić information content (AvgIpc) is 3.00. The number of rotatable bonds is 7. The highest BCUT2D eigenvalue weighted by Gasteiger charge is 2.16. The molecule has 1 aromatic carbocycles. The van der Waals surface area contributed by atoms with Gasteiger partial charge in [-0.25, -0.2) is 0 Å². The van der Waals surface area contributed by atoms with E-state index in [9.17, 15) is 4.79 Å². The molecule has 0 aliphatic carbocycles. The maximum atomic E-state index is 12.1. The summed E-state index contributed by atoms with van der Waals surface area (Å²) in [4.78, 5) is 12.1. The van der Waals surface area contributed by atoms with Crippen molar-refractivity contribution in [2.24, 2.45) is 5.92 Å². The summed E-state index contributed by atoms with van der Waals surface area (Å²) in [5.74, 6) is 2.02. The summed E-state index contributed by atoms with van der Waals surface area (Å²) in [7, 11) is 1.61. The SMILES string of the molecule is CCOc1ccc(OC)cc1NC(=O)CCC1CCNC1. The number of ether oxygens (including phenoxy) is 2. The highest BCUT2D eigenvalue weighted by Crippen LogP contribution is 2.29. The third kappa shape index (κ3) is 4.63. The van der Waals surface area contributed by atoms with Gasteiger partial charge in [0.1, 0.15) is 11.5 Å². The van der Waals surface area contributed by atoms with E-state index >= 15 is 0 Å². The summed E-state index contributed by atoms with van der Waals surface area (Å²) in [6, 6.07) is 5.43. The number of benzene rings is 1. The van der Waals surface area contributed by atoms with Gasteiger partial charge in [-0.1, -0.05) is 0 Å². The molecular weight excluding hydrogens is 268 g/mol. The van der Waals surface area contributed by atoms with Crippen molar-refractivity contribution in [1.82, 2.24) is 5.32 Å². The van der Waals surface area contributed by atoms with Crippen molar-refractivity contribution in [1.29, 1.82) is 0 Å². The fourth-order valence-corrected chi connectivity index (χ4v) is 2.52. The van der Waals surface area contributed by atoms with Crippen LogP contribution in [0.15, 0.2) is 18.2 Å². The molecule has 0 aromatic heterocycles. The second kappa shape index (κ2) is 7.88. The molecule has 0 bridgehead atoms. The lowest BCUT2D eigenvalue weighted by Gasteiger charge is -2.13. The molecule has 1 fully saturated rings. The van der Waals surface area contributed by atoms with Gasteiger partial charge in [0.05, 0.1) is 19.4 Å². The third-order valence-electron chi connectivity index (χ3n) is 3.70. The van der Waals surface area contributed by atoms with Gasteiger partial charge in [-0.3, -0.25) is 4.79 Å². The lowest BCUT2D eigenvalue weighted by molar-refractivity contribution is -0.116. The van der Waals surface area contributed by atoms with Crippen LogP contribution in [0, 0.1) is 5.92 Å². The molecule has 1 unspecified atom stereocenters. The van der Waals surface area contributed by atoms with Crippen molar-refractivity contribution < 1.29 is 14.3 Å². The van der Waals surface area contributed by atoms with E-state index < -0.39 is 0 Å². The van der Waals surface area contributed by atoms with Gasteiger partial charge in [0.25, 0.3) is 0 Å². The first-order chi connectivity index (χ1) is 10.2. The van der Waals surface area contributed by atoms with E-state index in [0.29, 0.717) is 36.1 Å². The van der Waals surface area contributed by atoms with Gasteiger partial charge in [-0.2, -0.15) is 0 Å². The molecule has 5 heteroatoms. The first kappa shape index (κ1) is 15.6. The second-order valence-electron chi connectivity index (χ2n) is 5.24. The number of anilines is 1. The molecule has 1 amide bonds. The van der Waals surface area contributed by atoms with Crippen LogP contribution in [0.2, 0.25) is 0 Å². The van der Waals surface area contributed by atoms with Crippen LogP contribution in [0.25, 0.3) is 0 Å². The normalized spacial score (nSPS) is 17.5. The fourth-order valence-electron chi connectivity index (χ4n) is 2.52. The molecule has 2 N–H and O–H groups in total. The van der Waals surface area contributed by atoms with Crippen molar-refractivity contribution in [3.8, 4) is 11.5 Å². The Hall–Kier alpha value is -1.75. The minimum absolute atomic E-state index is 0.0242. The summed E-state index contributed by atoms with van der Waals surface area (Å²) in [6.45, 7) is 4.57. The topological polar surface area (TPSA) is 59.6 Å². The first-order valence-electron chi connectivity index (χ1n) is 7.54.